The van der Waals surface area contributed by atoms with Crippen molar-refractivity contribution in [2.45, 2.75) is 58.8 Å². The minimum Gasteiger partial charge on any atom is -0.484 e. The molecule has 1 heterocycles. The Labute approximate surface area is 131 Å². The van der Waals surface area contributed by atoms with Crippen LogP contribution in [0.25, 0.3) is 0 Å². The lowest BCUT2D eigenvalue weighted by Crippen LogP contribution is -2.41. The molecule has 0 saturated carbocycles. The van der Waals surface area contributed by atoms with Crippen LogP contribution in [0.15, 0.2) is 18.2 Å². The topological polar surface area (TPSA) is 70.8 Å². The first-order valence-corrected chi connectivity index (χ1v) is 7.34. The van der Waals surface area contributed by atoms with Crippen molar-refractivity contribution >= 4 is 18.3 Å². The Balaban J connectivity index is 2.34. The van der Waals surface area contributed by atoms with Crippen molar-refractivity contribution in [1.82, 2.24) is 0 Å². The first-order valence-electron chi connectivity index (χ1n) is 7.34. The normalized spacial score (nSPS) is 19.5. The molecule has 1 saturated heterocycles. The third-order valence-electron chi connectivity index (χ3n) is 4.07. The Morgan fingerprint density at radius 2 is 1.73 bits per heavy atom. The van der Waals surface area contributed by atoms with Crippen LogP contribution in [-0.2, 0) is 9.31 Å². The number of nitro benzene ring substituents is 1. The molecule has 0 bridgehead atoms. The van der Waals surface area contributed by atoms with Crippen LogP contribution in [0.5, 0.6) is 5.75 Å². The smallest absolute Gasteiger partial charge is 0.484 e. The van der Waals surface area contributed by atoms with Crippen LogP contribution in [0.3, 0.4) is 0 Å². The molecule has 1 fully saturated rings. The van der Waals surface area contributed by atoms with Crippen LogP contribution >= 0.6 is 0 Å². The van der Waals surface area contributed by atoms with Crippen molar-refractivity contribution in [2.75, 3.05) is 0 Å². The minimum atomic E-state index is -0.628. The number of hydrogen-bond acceptors (Lipinski definition) is 5. The molecular formula is C15H22BNO5. The summed E-state index contributed by atoms with van der Waals surface area (Å²) in [7, 11) is -0.628. The highest BCUT2D eigenvalue weighted by molar-refractivity contribution is 6.62. The zero-order chi connectivity index (χ0) is 16.7. The fourth-order valence-corrected chi connectivity index (χ4v) is 2.16. The van der Waals surface area contributed by atoms with Gasteiger partial charge in [0.1, 0.15) is 0 Å². The molecular weight excluding hydrogens is 285 g/mol. The van der Waals surface area contributed by atoms with E-state index in [1.54, 1.807) is 12.1 Å². The van der Waals surface area contributed by atoms with E-state index in [9.17, 15) is 10.1 Å². The van der Waals surface area contributed by atoms with Crippen molar-refractivity contribution in [3.05, 3.63) is 28.3 Å². The second-order valence-electron chi connectivity index (χ2n) is 6.74. The summed E-state index contributed by atoms with van der Waals surface area (Å²) in [4.78, 5) is 10.8. The Kier molecular flexibility index (Phi) is 4.23. The lowest BCUT2D eigenvalue weighted by molar-refractivity contribution is -0.385. The van der Waals surface area contributed by atoms with Crippen LogP contribution in [0.2, 0.25) is 0 Å². The van der Waals surface area contributed by atoms with Gasteiger partial charge in [-0.1, -0.05) is 6.07 Å². The zero-order valence-corrected chi connectivity index (χ0v) is 13.9. The molecule has 120 valence electrons. The molecule has 7 heteroatoms. The third-order valence-corrected chi connectivity index (χ3v) is 4.07. The summed E-state index contributed by atoms with van der Waals surface area (Å²) in [5.41, 5.74) is -0.443. The van der Waals surface area contributed by atoms with E-state index in [2.05, 4.69) is 0 Å². The highest BCUT2D eigenvalue weighted by Gasteiger charge is 2.52. The summed E-state index contributed by atoms with van der Waals surface area (Å²) in [6, 6.07) is 4.80. The summed E-state index contributed by atoms with van der Waals surface area (Å²) >= 11 is 0. The Hall–Kier alpha value is -1.60. The fraction of sp³-hybridized carbons (Fsp3) is 0.600. The van der Waals surface area contributed by atoms with E-state index in [1.807, 2.05) is 41.5 Å². The fourth-order valence-electron chi connectivity index (χ4n) is 2.16. The SMILES string of the molecule is CC(C)Oc1ccc(B2OC(C)(C)C(C)(C)O2)cc1[N+](=O)[O-]. The zero-order valence-electron chi connectivity index (χ0n) is 13.9. The molecule has 0 aromatic heterocycles. The summed E-state index contributed by atoms with van der Waals surface area (Å²) < 4.78 is 17.3. The number of ether oxygens (including phenoxy) is 1. The number of benzene rings is 1. The molecule has 0 radical (unpaired) electrons. The van der Waals surface area contributed by atoms with Crippen LogP contribution in [-0.4, -0.2) is 29.3 Å². The second kappa shape index (κ2) is 5.55. The first kappa shape index (κ1) is 16.8. The van der Waals surface area contributed by atoms with Crippen LogP contribution in [0, 0.1) is 10.1 Å². The van der Waals surface area contributed by atoms with Gasteiger partial charge >= 0.3 is 12.8 Å². The molecule has 6 nitrogen and oxygen atoms in total. The largest absolute Gasteiger partial charge is 0.495 e. The molecule has 22 heavy (non-hydrogen) atoms. The van der Waals surface area contributed by atoms with Gasteiger partial charge in [0.2, 0.25) is 0 Å². The Morgan fingerprint density at radius 3 is 2.18 bits per heavy atom. The molecule has 0 N–H and O–H groups in total. The summed E-state index contributed by atoms with van der Waals surface area (Å²) in [6.45, 7) is 11.4. The lowest BCUT2D eigenvalue weighted by Gasteiger charge is -2.32. The van der Waals surface area contributed by atoms with Gasteiger partial charge in [-0.3, -0.25) is 10.1 Å². The van der Waals surface area contributed by atoms with Crippen molar-refractivity contribution in [3.63, 3.8) is 0 Å². The van der Waals surface area contributed by atoms with Gasteiger partial charge in [-0.25, -0.2) is 0 Å². The number of nitro groups is 1. The van der Waals surface area contributed by atoms with Crippen LogP contribution < -0.4 is 10.2 Å². The van der Waals surface area contributed by atoms with Crippen molar-refractivity contribution in [2.24, 2.45) is 0 Å². The monoisotopic (exact) mass is 307 g/mol. The molecule has 0 atom stereocenters. The molecule has 0 amide bonds. The van der Waals surface area contributed by atoms with E-state index in [-0.39, 0.29) is 17.5 Å². The highest BCUT2D eigenvalue weighted by Crippen LogP contribution is 2.37. The lowest BCUT2D eigenvalue weighted by atomic mass is 9.79. The van der Waals surface area contributed by atoms with Gasteiger partial charge in [0.05, 0.1) is 22.2 Å². The van der Waals surface area contributed by atoms with E-state index in [4.69, 9.17) is 14.0 Å². The first-order chi connectivity index (χ1) is 10.0. The van der Waals surface area contributed by atoms with Crippen molar-refractivity contribution in [1.29, 1.82) is 0 Å². The predicted molar refractivity (Wildman–Crippen MR) is 84.6 cm³/mol. The average Bonchev–Trinajstić information content (AvgIpc) is 2.57. The maximum absolute atomic E-state index is 11.3. The Morgan fingerprint density at radius 1 is 1.18 bits per heavy atom. The molecule has 1 aliphatic rings. The molecule has 0 aliphatic carbocycles. The van der Waals surface area contributed by atoms with Gasteiger partial charge in [-0.2, -0.15) is 0 Å². The van der Waals surface area contributed by atoms with Gasteiger partial charge in [-0.05, 0) is 53.1 Å². The molecule has 0 spiro atoms. The van der Waals surface area contributed by atoms with E-state index < -0.39 is 23.2 Å². The summed E-state index contributed by atoms with van der Waals surface area (Å²) in [5.74, 6) is 0.250. The number of hydrogen-bond donors (Lipinski definition) is 0. The van der Waals surface area contributed by atoms with Gasteiger partial charge in [0.15, 0.2) is 5.75 Å². The standard InChI is InChI=1S/C15H22BNO5/c1-10(2)20-13-8-7-11(9-12(13)17(18)19)16-21-14(3,4)15(5,6)22-16/h7-10H,1-6H3. The highest BCUT2D eigenvalue weighted by atomic mass is 16.7. The third kappa shape index (κ3) is 3.10. The summed E-state index contributed by atoms with van der Waals surface area (Å²) in [6.07, 6.45) is -0.138. The number of nitrogens with zero attached hydrogens (tertiary/aromatic N) is 1. The molecule has 1 aliphatic heterocycles. The van der Waals surface area contributed by atoms with Gasteiger partial charge in [-0.15, -0.1) is 0 Å². The maximum Gasteiger partial charge on any atom is 0.495 e. The Bertz CT molecular complexity index is 569. The average molecular weight is 307 g/mol. The minimum absolute atomic E-state index is 0.0825. The molecule has 0 unspecified atom stereocenters. The molecule has 1 aromatic rings. The predicted octanol–water partition coefficient (Wildman–Crippen LogP) is 2.68. The van der Waals surface area contributed by atoms with Crippen LogP contribution in [0.1, 0.15) is 41.5 Å². The molecule has 2 rings (SSSR count). The van der Waals surface area contributed by atoms with E-state index in [1.165, 1.54) is 6.07 Å². The summed E-state index contributed by atoms with van der Waals surface area (Å²) in [5, 5.41) is 11.3. The van der Waals surface area contributed by atoms with Gasteiger partial charge in [0, 0.05) is 6.07 Å². The number of rotatable bonds is 4. The van der Waals surface area contributed by atoms with E-state index in [0.717, 1.165) is 0 Å². The van der Waals surface area contributed by atoms with E-state index >= 15 is 0 Å². The van der Waals surface area contributed by atoms with Crippen molar-refractivity contribution < 1.29 is 19.0 Å². The van der Waals surface area contributed by atoms with Gasteiger partial charge < -0.3 is 14.0 Å². The van der Waals surface area contributed by atoms with Crippen molar-refractivity contribution in [3.8, 4) is 5.75 Å². The quantitative estimate of drug-likeness (QED) is 0.486. The van der Waals surface area contributed by atoms with E-state index in [0.29, 0.717) is 5.46 Å². The maximum atomic E-state index is 11.3. The van der Waals surface area contributed by atoms with Gasteiger partial charge in [0.25, 0.3) is 0 Å². The molecule has 1 aromatic carbocycles. The second-order valence-corrected chi connectivity index (χ2v) is 6.74. The van der Waals surface area contributed by atoms with Crippen LogP contribution in [0.4, 0.5) is 5.69 Å².